The van der Waals surface area contributed by atoms with Crippen molar-refractivity contribution in [3.05, 3.63) is 52.2 Å². The molecule has 3 rings (SSSR count). The van der Waals surface area contributed by atoms with E-state index < -0.39 is 5.97 Å². The molecule has 0 aliphatic rings. The van der Waals surface area contributed by atoms with Crippen LogP contribution < -0.4 is 0 Å². The van der Waals surface area contributed by atoms with Crippen LogP contribution in [0.2, 0.25) is 0 Å². The van der Waals surface area contributed by atoms with E-state index in [-0.39, 0.29) is 12.3 Å². The molecule has 6 heteroatoms. The number of benzene rings is 1. The summed E-state index contributed by atoms with van der Waals surface area (Å²) in [6.07, 6.45) is 0.707. The maximum atomic E-state index is 12.3. The molecule has 0 radical (unpaired) electrons. The molecular weight excluding hydrogens is 312 g/mol. The Morgan fingerprint density at radius 3 is 2.74 bits per heavy atom. The van der Waals surface area contributed by atoms with Gasteiger partial charge in [0, 0.05) is 6.54 Å². The molecule has 1 aromatic carbocycles. The van der Waals surface area contributed by atoms with E-state index in [1.807, 2.05) is 31.2 Å². The van der Waals surface area contributed by atoms with Crippen molar-refractivity contribution >= 4 is 33.9 Å². The third kappa shape index (κ3) is 2.77. The first-order chi connectivity index (χ1) is 11.2. The lowest BCUT2D eigenvalue weighted by Gasteiger charge is -2.10. The van der Waals surface area contributed by atoms with E-state index in [2.05, 4.69) is 4.98 Å². The normalized spacial score (nSPS) is 10.9. The zero-order valence-electron chi connectivity index (χ0n) is 12.9. The van der Waals surface area contributed by atoms with Gasteiger partial charge >= 0.3 is 5.97 Å². The molecule has 5 nitrogen and oxygen atoms in total. The maximum absolute atomic E-state index is 12.3. The lowest BCUT2D eigenvalue weighted by Crippen LogP contribution is -2.15. The van der Waals surface area contributed by atoms with Crippen LogP contribution in [0.15, 0.2) is 29.8 Å². The summed E-state index contributed by atoms with van der Waals surface area (Å²) in [7, 11) is 0. The molecule has 3 aromatic rings. The predicted molar refractivity (Wildman–Crippen MR) is 89.2 cm³/mol. The highest BCUT2D eigenvalue weighted by Crippen LogP contribution is 2.29. The van der Waals surface area contributed by atoms with Gasteiger partial charge in [0.25, 0.3) is 0 Å². The Bertz CT molecular complexity index is 862. The van der Waals surface area contributed by atoms with Gasteiger partial charge in [-0.1, -0.05) is 29.8 Å². The van der Waals surface area contributed by atoms with Crippen LogP contribution in [0.1, 0.15) is 38.9 Å². The molecule has 0 amide bonds. The Morgan fingerprint density at radius 1 is 1.35 bits per heavy atom. The van der Waals surface area contributed by atoms with Crippen LogP contribution in [-0.2, 0) is 11.3 Å². The van der Waals surface area contributed by atoms with Crippen molar-refractivity contribution in [2.45, 2.75) is 20.4 Å². The highest BCUT2D eigenvalue weighted by atomic mass is 32.1. The second kappa shape index (κ2) is 6.34. The zero-order chi connectivity index (χ0) is 16.4. The topological polar surface area (TPSA) is 61.2 Å². The van der Waals surface area contributed by atoms with Gasteiger partial charge in [-0.15, -0.1) is 11.3 Å². The van der Waals surface area contributed by atoms with Crippen LogP contribution in [0.5, 0.6) is 0 Å². The third-order valence-electron chi connectivity index (χ3n) is 3.62. The van der Waals surface area contributed by atoms with Crippen molar-refractivity contribution in [3.63, 3.8) is 0 Å². The Hall–Kier alpha value is -2.47. The molecule has 0 bridgehead atoms. The second-order valence-corrected chi connectivity index (χ2v) is 6.03. The smallest absolute Gasteiger partial charge is 0.355 e. The highest BCUT2D eigenvalue weighted by Gasteiger charge is 2.25. The molecule has 118 valence electrons. The minimum Gasteiger partial charge on any atom is -0.461 e. The average Bonchev–Trinajstić information content (AvgIpc) is 3.11. The molecule has 0 saturated carbocycles. The monoisotopic (exact) mass is 328 g/mol. The molecule has 0 aliphatic heterocycles. The standard InChI is InChI=1S/C17H16N2O3S/c1-3-22-17(21)14-13(9-20)15-16(18-10-23-15)19(14)8-12-6-4-11(2)5-7-12/h4-7,9-10H,3,8H2,1-2H3. The van der Waals surface area contributed by atoms with Crippen LogP contribution >= 0.6 is 11.3 Å². The number of carbonyl (C=O) groups is 2. The summed E-state index contributed by atoms with van der Waals surface area (Å²) in [5.74, 6) is -0.494. The quantitative estimate of drug-likeness (QED) is 0.532. The molecule has 23 heavy (non-hydrogen) atoms. The van der Waals surface area contributed by atoms with E-state index in [0.717, 1.165) is 10.3 Å². The molecule has 0 atom stereocenters. The number of nitrogens with zero attached hydrogens (tertiary/aromatic N) is 2. The first kappa shape index (κ1) is 15.4. The number of ether oxygens (including phenoxy) is 1. The number of esters is 1. The largest absolute Gasteiger partial charge is 0.461 e. The molecule has 0 unspecified atom stereocenters. The van der Waals surface area contributed by atoms with Crippen molar-refractivity contribution in [3.8, 4) is 0 Å². The lowest BCUT2D eigenvalue weighted by molar-refractivity contribution is 0.0512. The van der Waals surface area contributed by atoms with Crippen LogP contribution in [0.4, 0.5) is 0 Å². The molecule has 0 spiro atoms. The molecule has 0 N–H and O–H groups in total. The van der Waals surface area contributed by atoms with Gasteiger partial charge in [0.1, 0.15) is 5.69 Å². The molecular formula is C17H16N2O3S. The molecule has 0 aliphatic carbocycles. The summed E-state index contributed by atoms with van der Waals surface area (Å²) in [4.78, 5) is 28.2. The first-order valence-corrected chi connectivity index (χ1v) is 8.17. The second-order valence-electron chi connectivity index (χ2n) is 5.18. The van der Waals surface area contributed by atoms with Crippen LogP contribution in [0, 0.1) is 6.92 Å². The van der Waals surface area contributed by atoms with Crippen molar-refractivity contribution < 1.29 is 14.3 Å². The number of rotatable bonds is 5. The fourth-order valence-electron chi connectivity index (χ4n) is 2.53. The zero-order valence-corrected chi connectivity index (χ0v) is 13.7. The van der Waals surface area contributed by atoms with Gasteiger partial charge in [-0.25, -0.2) is 9.78 Å². The number of hydrogen-bond donors (Lipinski definition) is 0. The lowest BCUT2D eigenvalue weighted by atomic mass is 10.1. The first-order valence-electron chi connectivity index (χ1n) is 7.29. The van der Waals surface area contributed by atoms with Gasteiger partial charge in [-0.05, 0) is 19.4 Å². The highest BCUT2D eigenvalue weighted by molar-refractivity contribution is 7.17. The van der Waals surface area contributed by atoms with Crippen molar-refractivity contribution in [1.82, 2.24) is 9.55 Å². The number of fused-ring (bicyclic) bond motifs is 1. The van der Waals surface area contributed by atoms with E-state index >= 15 is 0 Å². The molecule has 2 aromatic heterocycles. The van der Waals surface area contributed by atoms with Gasteiger partial charge in [0.05, 0.1) is 22.4 Å². The third-order valence-corrected chi connectivity index (χ3v) is 4.47. The maximum Gasteiger partial charge on any atom is 0.355 e. The number of thiazole rings is 1. The van der Waals surface area contributed by atoms with Crippen molar-refractivity contribution in [2.75, 3.05) is 6.61 Å². The van der Waals surface area contributed by atoms with Gasteiger partial charge in [-0.3, -0.25) is 4.79 Å². The summed E-state index contributed by atoms with van der Waals surface area (Å²) < 4.78 is 7.60. The Kier molecular flexibility index (Phi) is 4.25. The SMILES string of the molecule is CCOC(=O)c1c(C=O)c2scnc2n1Cc1ccc(C)cc1. The van der Waals surface area contributed by atoms with Crippen molar-refractivity contribution in [2.24, 2.45) is 0 Å². The van der Waals surface area contributed by atoms with Crippen LogP contribution in [0.3, 0.4) is 0 Å². The van der Waals surface area contributed by atoms with Gasteiger partial charge < -0.3 is 9.30 Å². The summed E-state index contributed by atoms with van der Waals surface area (Å²) in [6, 6.07) is 8.04. The number of aryl methyl sites for hydroxylation is 1. The minimum atomic E-state index is -0.494. The number of aromatic nitrogens is 2. The number of aldehydes is 1. The Labute approximate surface area is 137 Å². The Balaban J connectivity index is 2.14. The van der Waals surface area contributed by atoms with E-state index in [4.69, 9.17) is 4.74 Å². The van der Waals surface area contributed by atoms with E-state index in [1.165, 1.54) is 16.9 Å². The fourth-order valence-corrected chi connectivity index (χ4v) is 3.33. The van der Waals surface area contributed by atoms with E-state index in [9.17, 15) is 9.59 Å². The van der Waals surface area contributed by atoms with E-state index in [1.54, 1.807) is 17.0 Å². The number of hydrogen-bond acceptors (Lipinski definition) is 5. The number of carbonyl (C=O) groups excluding carboxylic acids is 2. The summed E-state index contributed by atoms with van der Waals surface area (Å²) in [5.41, 5.74) is 5.14. The van der Waals surface area contributed by atoms with Gasteiger partial charge in [0.15, 0.2) is 11.9 Å². The summed E-state index contributed by atoms with van der Waals surface area (Å²) in [6.45, 7) is 4.48. The minimum absolute atomic E-state index is 0.258. The van der Waals surface area contributed by atoms with Crippen molar-refractivity contribution in [1.29, 1.82) is 0 Å². The summed E-state index contributed by atoms with van der Waals surface area (Å²) >= 11 is 1.35. The van der Waals surface area contributed by atoms with E-state index in [0.29, 0.717) is 24.0 Å². The van der Waals surface area contributed by atoms with Crippen LogP contribution in [0.25, 0.3) is 10.3 Å². The fraction of sp³-hybridized carbons (Fsp3) is 0.235. The molecule has 0 saturated heterocycles. The molecule has 0 fully saturated rings. The molecule has 2 heterocycles. The summed E-state index contributed by atoms with van der Waals surface area (Å²) in [5, 5.41) is 0. The van der Waals surface area contributed by atoms with Gasteiger partial charge in [-0.2, -0.15) is 0 Å². The average molecular weight is 328 g/mol. The Morgan fingerprint density at radius 2 is 2.09 bits per heavy atom. The van der Waals surface area contributed by atoms with Gasteiger partial charge in [0.2, 0.25) is 0 Å². The van der Waals surface area contributed by atoms with Crippen LogP contribution in [-0.4, -0.2) is 28.4 Å². The predicted octanol–water partition coefficient (Wildman–Crippen LogP) is 3.44.